The lowest BCUT2D eigenvalue weighted by Gasteiger charge is -2.18. The Morgan fingerprint density at radius 2 is 1.67 bits per heavy atom. The summed E-state index contributed by atoms with van der Waals surface area (Å²) in [5.74, 6) is -2.00. The largest absolute Gasteiger partial charge is 0.478 e. The maximum atomic E-state index is 13.9. The summed E-state index contributed by atoms with van der Waals surface area (Å²) < 4.78 is 5.09. The molecule has 0 saturated heterocycles. The minimum Gasteiger partial charge on any atom is -0.478 e. The Kier molecular flexibility index (Phi) is 9.27. The van der Waals surface area contributed by atoms with E-state index in [-0.39, 0.29) is 17.0 Å². The Bertz CT molecular complexity index is 1680. The molecule has 1 heterocycles. The molecule has 0 bridgehead atoms. The molecule has 0 spiro atoms. The normalized spacial score (nSPS) is 14.7. The number of methoxy groups -OCH3 is 1. The fourth-order valence-electron chi connectivity index (χ4n) is 5.08. The van der Waals surface area contributed by atoms with Gasteiger partial charge in [0.2, 0.25) is 5.91 Å². The van der Waals surface area contributed by atoms with E-state index in [1.807, 2.05) is 36.4 Å². The molecule has 0 saturated carbocycles. The van der Waals surface area contributed by atoms with Crippen LogP contribution in [-0.4, -0.2) is 36.0 Å². The molecule has 0 fully saturated rings. The molecule has 0 aliphatic heterocycles. The smallest absolute Gasteiger partial charge is 0.341 e. The quantitative estimate of drug-likeness (QED) is 0.136. The van der Waals surface area contributed by atoms with Crippen LogP contribution in [0.2, 0.25) is 0 Å². The Morgan fingerprint density at radius 1 is 0.953 bits per heavy atom. The van der Waals surface area contributed by atoms with Crippen LogP contribution in [0.1, 0.15) is 65.7 Å². The zero-order valence-electron chi connectivity index (χ0n) is 23.6. The highest BCUT2D eigenvalue weighted by Gasteiger charge is 2.31. The topological polar surface area (TPSA) is 122 Å². The molecule has 1 aliphatic rings. The van der Waals surface area contributed by atoms with E-state index >= 15 is 0 Å². The van der Waals surface area contributed by atoms with Crippen molar-refractivity contribution in [3.8, 4) is 0 Å². The number of hydrogen-bond donors (Lipinski definition) is 3. The Labute approximate surface area is 257 Å². The van der Waals surface area contributed by atoms with Crippen molar-refractivity contribution in [1.82, 2.24) is 0 Å². The summed E-state index contributed by atoms with van der Waals surface area (Å²) in [6.07, 6.45) is 2.59. The van der Waals surface area contributed by atoms with Crippen LogP contribution in [0.25, 0.3) is 0 Å². The number of aromatic carboxylic acids is 1. The molecule has 1 aromatic heterocycles. The second-order valence-corrected chi connectivity index (χ2v) is 12.6. The third kappa shape index (κ3) is 6.81. The van der Waals surface area contributed by atoms with Gasteiger partial charge in [-0.1, -0.05) is 55.5 Å². The molecule has 5 rings (SSSR count). The number of benzene rings is 3. The number of ether oxygens (including phenoxy) is 1. The van der Waals surface area contributed by atoms with Gasteiger partial charge in [0.05, 0.1) is 23.8 Å². The van der Waals surface area contributed by atoms with Gasteiger partial charge in [-0.05, 0) is 66.6 Å². The molecule has 43 heavy (non-hydrogen) atoms. The number of fused-ring (bicyclic) bond motifs is 1. The number of carbonyl (C=O) groups excluding carboxylic acids is 3. The highest BCUT2D eigenvalue weighted by Crippen LogP contribution is 2.42. The minimum atomic E-state index is -1.19. The lowest BCUT2D eigenvalue weighted by molar-refractivity contribution is -0.115. The molecule has 0 radical (unpaired) electrons. The second-order valence-electron chi connectivity index (χ2n) is 10.3. The van der Waals surface area contributed by atoms with E-state index in [1.165, 1.54) is 42.3 Å². The summed E-state index contributed by atoms with van der Waals surface area (Å²) in [6, 6.07) is 22.4. The first-order valence-corrected chi connectivity index (χ1v) is 15.4. The van der Waals surface area contributed by atoms with E-state index in [2.05, 4.69) is 17.6 Å². The molecule has 3 N–H and O–H groups in total. The van der Waals surface area contributed by atoms with Gasteiger partial charge in [0.1, 0.15) is 10.3 Å². The van der Waals surface area contributed by atoms with Gasteiger partial charge in [-0.2, -0.15) is 0 Å². The molecule has 2 unspecified atom stereocenters. The lowest BCUT2D eigenvalue weighted by atomic mass is 9.88. The molecule has 8 nitrogen and oxygen atoms in total. The Morgan fingerprint density at radius 3 is 2.40 bits per heavy atom. The summed E-state index contributed by atoms with van der Waals surface area (Å²) >= 11 is 2.74. The van der Waals surface area contributed by atoms with Gasteiger partial charge in [0.25, 0.3) is 5.91 Å². The Balaban J connectivity index is 1.41. The van der Waals surface area contributed by atoms with Crippen molar-refractivity contribution in [1.29, 1.82) is 0 Å². The lowest BCUT2D eigenvalue weighted by Crippen LogP contribution is -2.20. The van der Waals surface area contributed by atoms with Crippen LogP contribution in [0.5, 0.6) is 0 Å². The second kappa shape index (κ2) is 13.3. The fourth-order valence-corrected chi connectivity index (χ4v) is 7.57. The summed E-state index contributed by atoms with van der Waals surface area (Å²) in [5, 5.41) is 15.1. The van der Waals surface area contributed by atoms with E-state index < -0.39 is 23.1 Å². The third-order valence-corrected chi connectivity index (χ3v) is 9.64. The SMILES string of the molecule is COC(=O)c1c(NC(=O)C(Sc2cccc(NC(=O)c3ccccc3C(=O)O)c2)c2ccccc2)sc2c1CCC(C)C2. The Hall–Kier alpha value is -4.41. The van der Waals surface area contributed by atoms with Crippen LogP contribution >= 0.6 is 23.1 Å². The number of thiophene rings is 1. The highest BCUT2D eigenvalue weighted by molar-refractivity contribution is 8.00. The van der Waals surface area contributed by atoms with E-state index in [9.17, 15) is 24.3 Å². The van der Waals surface area contributed by atoms with E-state index in [0.29, 0.717) is 27.1 Å². The monoisotopic (exact) mass is 614 g/mol. The van der Waals surface area contributed by atoms with Crippen molar-refractivity contribution in [2.75, 3.05) is 17.7 Å². The number of thioether (sulfide) groups is 1. The summed E-state index contributed by atoms with van der Waals surface area (Å²) in [6.45, 7) is 2.18. The van der Waals surface area contributed by atoms with Gasteiger partial charge in [0, 0.05) is 15.5 Å². The van der Waals surface area contributed by atoms with Gasteiger partial charge >= 0.3 is 11.9 Å². The van der Waals surface area contributed by atoms with E-state index in [0.717, 1.165) is 35.3 Å². The first kappa shape index (κ1) is 30.1. The zero-order valence-corrected chi connectivity index (χ0v) is 25.2. The number of esters is 1. The van der Waals surface area contributed by atoms with Crippen molar-refractivity contribution in [3.05, 3.63) is 112 Å². The first-order valence-electron chi connectivity index (χ1n) is 13.7. The number of amides is 2. The molecule has 4 aromatic rings. The van der Waals surface area contributed by atoms with Crippen LogP contribution < -0.4 is 10.6 Å². The van der Waals surface area contributed by atoms with Gasteiger partial charge in [-0.15, -0.1) is 23.1 Å². The van der Waals surface area contributed by atoms with Crippen molar-refractivity contribution in [2.45, 2.75) is 36.3 Å². The average Bonchev–Trinajstić information content (AvgIpc) is 3.36. The standard InChI is InChI=1S/C33H30N2O6S2/c1-19-15-16-25-26(17-19)43-31(27(25)33(40)41-2)35-30(37)28(20-9-4-3-5-10-20)42-22-12-8-11-21(18-22)34-29(36)23-13-6-7-14-24(23)32(38)39/h3-14,18-19,28H,15-17H2,1-2H3,(H,34,36)(H,35,37)(H,38,39). The maximum absolute atomic E-state index is 13.9. The average molecular weight is 615 g/mol. The summed E-state index contributed by atoms with van der Waals surface area (Å²) in [5.41, 5.74) is 2.57. The number of nitrogens with one attached hydrogen (secondary N) is 2. The van der Waals surface area contributed by atoms with Crippen LogP contribution in [-0.2, 0) is 22.4 Å². The highest BCUT2D eigenvalue weighted by atomic mass is 32.2. The molecule has 2 atom stereocenters. The summed E-state index contributed by atoms with van der Waals surface area (Å²) in [7, 11) is 1.35. The zero-order chi connectivity index (χ0) is 30.5. The fraction of sp³-hybridized carbons (Fsp3) is 0.212. The van der Waals surface area contributed by atoms with Crippen LogP contribution in [0.15, 0.2) is 83.8 Å². The predicted octanol–water partition coefficient (Wildman–Crippen LogP) is 7.08. The molecular weight excluding hydrogens is 585 g/mol. The number of carboxylic acid groups (broad SMARTS) is 1. The molecule has 1 aliphatic carbocycles. The minimum absolute atomic E-state index is 0.0454. The number of rotatable bonds is 9. The summed E-state index contributed by atoms with van der Waals surface area (Å²) in [4.78, 5) is 53.0. The van der Waals surface area contributed by atoms with E-state index in [1.54, 1.807) is 30.3 Å². The number of hydrogen-bond acceptors (Lipinski definition) is 7. The van der Waals surface area contributed by atoms with Crippen LogP contribution in [0, 0.1) is 5.92 Å². The number of carbonyl (C=O) groups is 4. The van der Waals surface area contributed by atoms with Gasteiger partial charge in [-0.3, -0.25) is 9.59 Å². The van der Waals surface area contributed by atoms with Gasteiger partial charge in [0.15, 0.2) is 0 Å². The third-order valence-electron chi connectivity index (χ3n) is 7.23. The number of anilines is 2. The van der Waals surface area contributed by atoms with Gasteiger partial charge in [-0.25, -0.2) is 9.59 Å². The molecule has 3 aromatic carbocycles. The van der Waals surface area contributed by atoms with Crippen molar-refractivity contribution in [3.63, 3.8) is 0 Å². The van der Waals surface area contributed by atoms with Crippen molar-refractivity contribution >= 4 is 57.5 Å². The van der Waals surface area contributed by atoms with Gasteiger partial charge < -0.3 is 20.5 Å². The van der Waals surface area contributed by atoms with Crippen LogP contribution in [0.3, 0.4) is 0 Å². The van der Waals surface area contributed by atoms with Crippen molar-refractivity contribution in [2.24, 2.45) is 5.92 Å². The number of carboxylic acids is 1. The van der Waals surface area contributed by atoms with E-state index in [4.69, 9.17) is 4.74 Å². The molecule has 220 valence electrons. The molecule has 2 amide bonds. The molecule has 10 heteroatoms. The molecular formula is C33H30N2O6S2. The predicted molar refractivity (Wildman–Crippen MR) is 168 cm³/mol. The van der Waals surface area contributed by atoms with Crippen LogP contribution in [0.4, 0.5) is 10.7 Å². The van der Waals surface area contributed by atoms with Crippen molar-refractivity contribution < 1.29 is 29.0 Å². The first-order chi connectivity index (χ1) is 20.7. The maximum Gasteiger partial charge on any atom is 0.341 e.